The van der Waals surface area contributed by atoms with E-state index < -0.39 is 0 Å². The van der Waals surface area contributed by atoms with Gasteiger partial charge in [-0.3, -0.25) is 4.79 Å². The number of nitrogens with two attached hydrogens (primary N) is 1. The number of nitrogen functional groups attached to an aromatic ring is 1. The summed E-state index contributed by atoms with van der Waals surface area (Å²) in [6, 6.07) is 7.59. The van der Waals surface area contributed by atoms with Crippen molar-refractivity contribution in [3.05, 3.63) is 35.0 Å². The van der Waals surface area contributed by atoms with Crippen LogP contribution in [0.1, 0.15) is 45.2 Å². The molecule has 1 aliphatic rings. The van der Waals surface area contributed by atoms with Crippen LogP contribution in [0.3, 0.4) is 0 Å². The standard InChI is InChI=1S/C21H29ClN6O/c1-3-4-6-15-12-20(28-10-5-7-17(13-28)24-14(2)29)27-21(25-15)26-16-8-9-18(22)19(23)11-16/h8-9,11-12,17H,3-7,10,13,23H2,1-2H3,(H,24,29)(H,25,26,27). The number of hydrogen-bond donors (Lipinski definition) is 3. The van der Waals surface area contributed by atoms with E-state index in [0.717, 1.165) is 62.4 Å². The number of rotatable bonds is 7. The minimum atomic E-state index is 0.00542. The van der Waals surface area contributed by atoms with Gasteiger partial charge < -0.3 is 21.3 Å². The molecule has 8 heteroatoms. The Labute approximate surface area is 177 Å². The van der Waals surface area contributed by atoms with E-state index in [2.05, 4.69) is 33.5 Å². The number of carbonyl (C=O) groups is 1. The third-order valence-electron chi connectivity index (χ3n) is 4.96. The molecule has 7 nitrogen and oxygen atoms in total. The summed E-state index contributed by atoms with van der Waals surface area (Å²) in [5.74, 6) is 1.42. The zero-order valence-corrected chi connectivity index (χ0v) is 17.8. The lowest BCUT2D eigenvalue weighted by Gasteiger charge is -2.34. The molecule has 1 atom stereocenters. The Morgan fingerprint density at radius 2 is 2.17 bits per heavy atom. The van der Waals surface area contributed by atoms with Crippen LogP contribution in [0.5, 0.6) is 0 Å². The Balaban J connectivity index is 1.84. The summed E-state index contributed by atoms with van der Waals surface area (Å²) in [6.07, 6.45) is 5.06. The third kappa shape index (κ3) is 5.97. The summed E-state index contributed by atoms with van der Waals surface area (Å²) in [4.78, 5) is 23.1. The minimum Gasteiger partial charge on any atom is -0.397 e. The van der Waals surface area contributed by atoms with Crippen molar-refractivity contribution in [3.8, 4) is 0 Å². The van der Waals surface area contributed by atoms with E-state index in [-0.39, 0.29) is 11.9 Å². The summed E-state index contributed by atoms with van der Waals surface area (Å²) in [7, 11) is 0. The number of unbranched alkanes of at least 4 members (excludes halogenated alkanes) is 1. The van der Waals surface area contributed by atoms with E-state index in [1.807, 2.05) is 6.07 Å². The summed E-state index contributed by atoms with van der Waals surface area (Å²) in [6.45, 7) is 5.39. The van der Waals surface area contributed by atoms with Crippen LogP contribution in [0.15, 0.2) is 24.3 Å². The smallest absolute Gasteiger partial charge is 0.229 e. The van der Waals surface area contributed by atoms with Crippen LogP contribution < -0.4 is 21.3 Å². The van der Waals surface area contributed by atoms with Crippen LogP contribution in [-0.4, -0.2) is 35.0 Å². The second-order valence-corrected chi connectivity index (χ2v) is 7.90. The molecule has 1 unspecified atom stereocenters. The SMILES string of the molecule is CCCCc1cc(N2CCCC(NC(C)=O)C2)nc(Nc2ccc(Cl)c(N)c2)n1. The van der Waals surface area contributed by atoms with Gasteiger partial charge in [-0.15, -0.1) is 0 Å². The van der Waals surface area contributed by atoms with Crippen molar-refractivity contribution in [2.24, 2.45) is 0 Å². The molecule has 1 amide bonds. The number of piperidine rings is 1. The number of carbonyl (C=O) groups excluding carboxylic acids is 1. The largest absolute Gasteiger partial charge is 0.397 e. The van der Waals surface area contributed by atoms with Crippen LogP contribution >= 0.6 is 11.6 Å². The Kier molecular flexibility index (Phi) is 7.14. The molecule has 1 saturated heterocycles. The number of amides is 1. The van der Waals surface area contributed by atoms with Crippen molar-refractivity contribution < 1.29 is 4.79 Å². The van der Waals surface area contributed by atoms with Gasteiger partial charge in [-0.25, -0.2) is 4.98 Å². The molecule has 0 saturated carbocycles. The van der Waals surface area contributed by atoms with Gasteiger partial charge in [-0.05, 0) is 43.9 Å². The predicted molar refractivity (Wildman–Crippen MR) is 119 cm³/mol. The number of anilines is 4. The van der Waals surface area contributed by atoms with Crippen molar-refractivity contribution in [2.75, 3.05) is 29.0 Å². The van der Waals surface area contributed by atoms with Crippen LogP contribution in [0, 0.1) is 0 Å². The zero-order valence-electron chi connectivity index (χ0n) is 17.0. The Hall–Kier alpha value is -2.54. The van der Waals surface area contributed by atoms with Gasteiger partial charge in [-0.2, -0.15) is 4.98 Å². The lowest BCUT2D eigenvalue weighted by molar-refractivity contribution is -0.119. The molecule has 0 aliphatic carbocycles. The molecule has 3 rings (SSSR count). The lowest BCUT2D eigenvalue weighted by Crippen LogP contribution is -2.47. The van der Waals surface area contributed by atoms with Crippen LogP contribution in [0.2, 0.25) is 5.02 Å². The fourth-order valence-corrected chi connectivity index (χ4v) is 3.65. The number of aryl methyl sites for hydroxylation is 1. The van der Waals surface area contributed by atoms with Crippen molar-refractivity contribution in [3.63, 3.8) is 0 Å². The Morgan fingerprint density at radius 3 is 2.90 bits per heavy atom. The molecular formula is C21H29ClN6O. The maximum atomic E-state index is 11.5. The molecule has 1 aromatic carbocycles. The molecule has 0 spiro atoms. The second-order valence-electron chi connectivity index (χ2n) is 7.49. The molecule has 156 valence electrons. The fraction of sp³-hybridized carbons (Fsp3) is 0.476. The highest BCUT2D eigenvalue weighted by molar-refractivity contribution is 6.33. The summed E-state index contributed by atoms with van der Waals surface area (Å²) in [5, 5.41) is 6.80. The molecule has 2 aromatic rings. The lowest BCUT2D eigenvalue weighted by atomic mass is 10.1. The Bertz CT molecular complexity index is 859. The first-order valence-electron chi connectivity index (χ1n) is 10.2. The van der Waals surface area contributed by atoms with Crippen molar-refractivity contribution in [1.82, 2.24) is 15.3 Å². The van der Waals surface area contributed by atoms with Gasteiger partial charge in [0, 0.05) is 43.5 Å². The maximum absolute atomic E-state index is 11.5. The van der Waals surface area contributed by atoms with Gasteiger partial charge in [0.1, 0.15) is 5.82 Å². The number of nitrogens with one attached hydrogen (secondary N) is 2. The van der Waals surface area contributed by atoms with E-state index in [9.17, 15) is 4.79 Å². The highest BCUT2D eigenvalue weighted by atomic mass is 35.5. The first-order valence-corrected chi connectivity index (χ1v) is 10.5. The van der Waals surface area contributed by atoms with Gasteiger partial charge in [-0.1, -0.05) is 24.9 Å². The third-order valence-corrected chi connectivity index (χ3v) is 5.30. The van der Waals surface area contributed by atoms with Crippen LogP contribution in [-0.2, 0) is 11.2 Å². The van der Waals surface area contributed by atoms with E-state index in [0.29, 0.717) is 16.7 Å². The molecule has 0 bridgehead atoms. The maximum Gasteiger partial charge on any atom is 0.229 e. The minimum absolute atomic E-state index is 0.00542. The first kappa shape index (κ1) is 21.2. The van der Waals surface area contributed by atoms with Gasteiger partial charge in [0.05, 0.1) is 10.7 Å². The Morgan fingerprint density at radius 1 is 1.34 bits per heavy atom. The molecule has 1 aliphatic heterocycles. The van der Waals surface area contributed by atoms with E-state index in [1.165, 1.54) is 0 Å². The molecule has 4 N–H and O–H groups in total. The normalized spacial score (nSPS) is 16.5. The van der Waals surface area contributed by atoms with E-state index in [4.69, 9.17) is 22.3 Å². The van der Waals surface area contributed by atoms with Gasteiger partial charge in [0.15, 0.2) is 0 Å². The second kappa shape index (κ2) is 9.78. The fourth-order valence-electron chi connectivity index (χ4n) is 3.53. The predicted octanol–water partition coefficient (Wildman–Crippen LogP) is 3.90. The molecular weight excluding hydrogens is 388 g/mol. The van der Waals surface area contributed by atoms with Gasteiger partial charge in [0.25, 0.3) is 0 Å². The van der Waals surface area contributed by atoms with Crippen LogP contribution in [0.25, 0.3) is 0 Å². The molecule has 0 radical (unpaired) electrons. The zero-order chi connectivity index (χ0) is 20.8. The topological polar surface area (TPSA) is 96.2 Å². The number of nitrogens with zero attached hydrogens (tertiary/aromatic N) is 3. The summed E-state index contributed by atoms with van der Waals surface area (Å²) >= 11 is 6.02. The highest BCUT2D eigenvalue weighted by Gasteiger charge is 2.22. The van der Waals surface area contributed by atoms with Crippen molar-refractivity contribution in [1.29, 1.82) is 0 Å². The monoisotopic (exact) mass is 416 g/mol. The molecule has 1 aromatic heterocycles. The van der Waals surface area contributed by atoms with E-state index >= 15 is 0 Å². The van der Waals surface area contributed by atoms with Crippen molar-refractivity contribution in [2.45, 2.75) is 52.0 Å². The molecule has 2 heterocycles. The molecule has 29 heavy (non-hydrogen) atoms. The van der Waals surface area contributed by atoms with Gasteiger partial charge in [0.2, 0.25) is 11.9 Å². The summed E-state index contributed by atoms with van der Waals surface area (Å²) in [5.41, 5.74) is 8.22. The average Bonchev–Trinajstić information content (AvgIpc) is 2.69. The average molecular weight is 417 g/mol. The quantitative estimate of drug-likeness (QED) is 0.592. The highest BCUT2D eigenvalue weighted by Crippen LogP contribution is 2.26. The molecule has 1 fully saturated rings. The van der Waals surface area contributed by atoms with Crippen molar-refractivity contribution >= 4 is 40.6 Å². The summed E-state index contributed by atoms with van der Waals surface area (Å²) < 4.78 is 0. The number of benzene rings is 1. The first-order chi connectivity index (χ1) is 13.9. The number of aromatic nitrogens is 2. The number of hydrogen-bond acceptors (Lipinski definition) is 6. The van der Waals surface area contributed by atoms with Crippen LogP contribution in [0.4, 0.5) is 23.1 Å². The van der Waals surface area contributed by atoms with Gasteiger partial charge >= 0.3 is 0 Å². The number of halogens is 1. The van der Waals surface area contributed by atoms with E-state index in [1.54, 1.807) is 19.1 Å².